The minimum Gasteiger partial charge on any atom is -0.0776 e. The maximum absolute atomic E-state index is 2.37. The predicted molar refractivity (Wildman–Crippen MR) is 101 cm³/mol. The molecule has 0 atom stereocenters. The van der Waals surface area contributed by atoms with Gasteiger partial charge >= 0.3 is 0 Å². The van der Waals surface area contributed by atoms with Crippen molar-refractivity contribution in [2.75, 3.05) is 0 Å². The molecule has 0 aromatic rings. The van der Waals surface area contributed by atoms with Crippen LogP contribution in [0.5, 0.6) is 0 Å². The highest BCUT2D eigenvalue weighted by Crippen LogP contribution is 2.57. The summed E-state index contributed by atoms with van der Waals surface area (Å²) in [7, 11) is 0. The highest BCUT2D eigenvalue weighted by Gasteiger charge is 2.47. The van der Waals surface area contributed by atoms with E-state index in [9.17, 15) is 0 Å². The molecule has 0 aromatic heterocycles. The van der Waals surface area contributed by atoms with Crippen LogP contribution < -0.4 is 0 Å². The van der Waals surface area contributed by atoms with Gasteiger partial charge in [0.05, 0.1) is 0 Å². The Bertz CT molecular complexity index is 242. The van der Waals surface area contributed by atoms with E-state index in [1.165, 1.54) is 32.1 Å². The largest absolute Gasteiger partial charge is 0.0776 e. The molecule has 0 spiro atoms. The summed E-state index contributed by atoms with van der Waals surface area (Å²) in [6.07, 6.45) is 7.37. The van der Waals surface area contributed by atoms with Gasteiger partial charge < -0.3 is 0 Å². The quantitative estimate of drug-likeness (QED) is 0.496. The van der Waals surface area contributed by atoms with Crippen molar-refractivity contribution < 1.29 is 0 Å². The second-order valence-corrected chi connectivity index (χ2v) is 8.44. The Balaban J connectivity index is 0. The van der Waals surface area contributed by atoms with Gasteiger partial charge in [-0.25, -0.2) is 0 Å². The normalized spacial score (nSPS) is 21.1. The average Bonchev–Trinajstić information content (AvgIpc) is 2.94. The van der Waals surface area contributed by atoms with E-state index in [1.54, 1.807) is 0 Å². The topological polar surface area (TPSA) is 0 Å². The molecule has 2 rings (SSSR count). The van der Waals surface area contributed by atoms with Crippen molar-refractivity contribution in [2.45, 2.75) is 102 Å². The summed E-state index contributed by atoms with van der Waals surface area (Å²) in [6, 6.07) is 0. The van der Waals surface area contributed by atoms with Crippen molar-refractivity contribution in [3.05, 3.63) is 0 Å². The van der Waals surface area contributed by atoms with Gasteiger partial charge in [0.25, 0.3) is 0 Å². The molecule has 2 aliphatic rings. The molecule has 0 unspecified atom stereocenters. The maximum Gasteiger partial charge on any atom is -0.0251 e. The Morgan fingerprint density at radius 3 is 0.714 bits per heavy atom. The molecular formula is C21H46. The summed E-state index contributed by atoms with van der Waals surface area (Å²) in [6.45, 7) is 18.9. The molecule has 0 aliphatic heterocycles. The molecule has 0 N–H and O–H groups in total. The summed E-state index contributed by atoms with van der Waals surface area (Å²) in [5.74, 6) is 3.58. The highest BCUT2D eigenvalue weighted by molar-refractivity contribution is 4.97. The van der Waals surface area contributed by atoms with Crippen LogP contribution in [0.3, 0.4) is 0 Å². The zero-order valence-corrected chi connectivity index (χ0v) is 14.8. The summed E-state index contributed by atoms with van der Waals surface area (Å²) < 4.78 is 0. The molecule has 0 amide bonds. The fourth-order valence-corrected chi connectivity index (χ4v) is 4.37. The van der Waals surface area contributed by atoms with Crippen molar-refractivity contribution in [3.63, 3.8) is 0 Å². The van der Waals surface area contributed by atoms with Crippen LogP contribution in [0.25, 0.3) is 0 Å². The fraction of sp³-hybridized carbons (Fsp3) is 1.00. The Hall–Kier alpha value is 0. The SMILES string of the molecule is C.C.CC(C)C1(C(C)C)CC1.CC(C)C1(C(C)C)CCC1. The molecule has 2 fully saturated rings. The molecular weight excluding hydrogens is 252 g/mol. The first-order chi connectivity index (χ1) is 8.69. The lowest BCUT2D eigenvalue weighted by Gasteiger charge is -2.49. The molecule has 130 valence electrons. The van der Waals surface area contributed by atoms with Gasteiger partial charge in [0.15, 0.2) is 0 Å². The van der Waals surface area contributed by atoms with Gasteiger partial charge in [-0.15, -0.1) is 0 Å². The van der Waals surface area contributed by atoms with Crippen molar-refractivity contribution in [1.29, 1.82) is 0 Å². The minimum atomic E-state index is 0. The first-order valence-electron chi connectivity index (χ1n) is 8.69. The smallest absolute Gasteiger partial charge is 0.0251 e. The number of rotatable bonds is 4. The van der Waals surface area contributed by atoms with E-state index in [2.05, 4.69) is 55.4 Å². The van der Waals surface area contributed by atoms with Gasteiger partial charge in [-0.3, -0.25) is 0 Å². The molecule has 0 heterocycles. The summed E-state index contributed by atoms with van der Waals surface area (Å²) in [5, 5.41) is 0. The molecule has 2 saturated carbocycles. The lowest BCUT2D eigenvalue weighted by molar-refractivity contribution is 0.0135. The Morgan fingerprint density at radius 2 is 0.714 bits per heavy atom. The van der Waals surface area contributed by atoms with E-state index < -0.39 is 0 Å². The van der Waals surface area contributed by atoms with Crippen LogP contribution in [-0.4, -0.2) is 0 Å². The molecule has 2 aliphatic carbocycles. The van der Waals surface area contributed by atoms with Crippen LogP contribution in [0.4, 0.5) is 0 Å². The van der Waals surface area contributed by atoms with E-state index in [0.717, 1.165) is 34.5 Å². The van der Waals surface area contributed by atoms with E-state index in [1.807, 2.05) is 0 Å². The molecule has 0 nitrogen and oxygen atoms in total. The van der Waals surface area contributed by atoms with Gasteiger partial charge in [0.1, 0.15) is 0 Å². The lowest BCUT2D eigenvalue weighted by Crippen LogP contribution is -2.39. The average molecular weight is 299 g/mol. The van der Waals surface area contributed by atoms with Crippen LogP contribution in [0.15, 0.2) is 0 Å². The number of hydrogen-bond donors (Lipinski definition) is 0. The molecule has 0 aromatic carbocycles. The van der Waals surface area contributed by atoms with Crippen LogP contribution in [0.2, 0.25) is 0 Å². The Kier molecular flexibility index (Phi) is 9.51. The predicted octanol–water partition coefficient (Wildman–Crippen LogP) is 7.82. The third kappa shape index (κ3) is 4.73. The Labute approximate surface area is 137 Å². The molecule has 21 heavy (non-hydrogen) atoms. The second-order valence-electron chi connectivity index (χ2n) is 8.44. The van der Waals surface area contributed by atoms with Gasteiger partial charge in [-0.2, -0.15) is 0 Å². The first kappa shape index (κ1) is 23.3. The van der Waals surface area contributed by atoms with Crippen LogP contribution in [-0.2, 0) is 0 Å². The second kappa shape index (κ2) is 8.59. The zero-order valence-electron chi connectivity index (χ0n) is 14.8. The van der Waals surface area contributed by atoms with Gasteiger partial charge in [-0.05, 0) is 60.2 Å². The van der Waals surface area contributed by atoms with Crippen LogP contribution >= 0.6 is 0 Å². The van der Waals surface area contributed by atoms with E-state index in [0.29, 0.717) is 0 Å². The van der Waals surface area contributed by atoms with Crippen molar-refractivity contribution >= 4 is 0 Å². The van der Waals surface area contributed by atoms with Crippen LogP contribution in [0.1, 0.15) is 102 Å². The highest BCUT2D eigenvalue weighted by atomic mass is 14.5. The summed E-state index contributed by atoms with van der Waals surface area (Å²) >= 11 is 0. The molecule has 0 bridgehead atoms. The van der Waals surface area contributed by atoms with Crippen molar-refractivity contribution in [3.8, 4) is 0 Å². The van der Waals surface area contributed by atoms with Crippen molar-refractivity contribution in [2.24, 2.45) is 34.5 Å². The first-order valence-corrected chi connectivity index (χ1v) is 8.69. The fourth-order valence-electron chi connectivity index (χ4n) is 4.37. The summed E-state index contributed by atoms with van der Waals surface area (Å²) in [4.78, 5) is 0. The number of hydrogen-bond acceptors (Lipinski definition) is 0. The lowest BCUT2D eigenvalue weighted by atomic mass is 9.56. The van der Waals surface area contributed by atoms with Crippen LogP contribution in [0, 0.1) is 34.5 Å². The van der Waals surface area contributed by atoms with Gasteiger partial charge in [0.2, 0.25) is 0 Å². The minimum absolute atomic E-state index is 0. The Morgan fingerprint density at radius 1 is 0.476 bits per heavy atom. The summed E-state index contributed by atoms with van der Waals surface area (Å²) in [5.41, 5.74) is 1.47. The van der Waals surface area contributed by atoms with Crippen molar-refractivity contribution in [1.82, 2.24) is 0 Å². The van der Waals surface area contributed by atoms with E-state index in [4.69, 9.17) is 0 Å². The molecule has 0 heteroatoms. The van der Waals surface area contributed by atoms with Gasteiger partial charge in [-0.1, -0.05) is 76.7 Å². The molecule has 0 radical (unpaired) electrons. The third-order valence-corrected chi connectivity index (χ3v) is 6.71. The van der Waals surface area contributed by atoms with Gasteiger partial charge in [0, 0.05) is 0 Å². The zero-order chi connectivity index (χ0) is 14.8. The molecule has 0 saturated heterocycles. The standard InChI is InChI=1S/C10H20.C9H18.2CH4/c1-8(2)10(9(3)4)6-5-7-10;1-7(2)9(5-6-9)8(3)4;;/h8-9H,5-7H2,1-4H3;7-8H,5-6H2,1-4H3;2*1H4. The monoisotopic (exact) mass is 298 g/mol. The van der Waals surface area contributed by atoms with E-state index >= 15 is 0 Å². The third-order valence-electron chi connectivity index (χ3n) is 6.71. The van der Waals surface area contributed by atoms with E-state index in [-0.39, 0.29) is 14.9 Å². The maximum atomic E-state index is 2.37.